The van der Waals surface area contributed by atoms with Gasteiger partial charge in [-0.05, 0) is 41.5 Å². The number of hydrogen-bond donors (Lipinski definition) is 1. The lowest BCUT2D eigenvalue weighted by Crippen LogP contribution is -2.40. The van der Waals surface area contributed by atoms with Crippen LogP contribution in [0.5, 0.6) is 0 Å². The van der Waals surface area contributed by atoms with E-state index in [2.05, 4.69) is 4.84 Å². The number of nitrogens with one attached hydrogen (secondary N) is 1. The highest BCUT2D eigenvalue weighted by Gasteiger charge is 2.22. The van der Waals surface area contributed by atoms with Crippen LogP contribution in [0.3, 0.4) is 0 Å². The summed E-state index contributed by atoms with van der Waals surface area (Å²) in [7, 11) is 1.34. The highest BCUT2D eigenvalue weighted by atomic mass is 16.7. The Kier molecular flexibility index (Phi) is 6.47. The number of carbonyl (C=O) groups is 3. The second-order valence-corrected chi connectivity index (χ2v) is 6.41. The van der Waals surface area contributed by atoms with Crippen molar-refractivity contribution in [2.24, 2.45) is 0 Å². The minimum atomic E-state index is -0.910. The van der Waals surface area contributed by atoms with Gasteiger partial charge in [-0.15, -0.1) is 5.48 Å². The van der Waals surface area contributed by atoms with Crippen LogP contribution >= 0.6 is 0 Å². The minimum absolute atomic E-state index is 0.300. The molecule has 1 N–H and O–H groups in total. The van der Waals surface area contributed by atoms with E-state index in [-0.39, 0.29) is 6.54 Å². The second-order valence-electron chi connectivity index (χ2n) is 6.41. The van der Waals surface area contributed by atoms with Gasteiger partial charge in [-0.1, -0.05) is 0 Å². The first kappa shape index (κ1) is 19.0. The van der Waals surface area contributed by atoms with Gasteiger partial charge in [0, 0.05) is 7.05 Å². The Morgan fingerprint density at radius 3 is 1.86 bits per heavy atom. The Labute approximate surface area is 124 Å². The molecule has 21 heavy (non-hydrogen) atoms. The molecule has 0 bridgehead atoms. The highest BCUT2D eigenvalue weighted by Crippen LogP contribution is 2.08. The molecule has 0 aliphatic carbocycles. The fraction of sp³-hybridized carbons (Fsp3) is 0.769. The Balaban J connectivity index is 4.17. The zero-order valence-corrected chi connectivity index (χ0v) is 13.6. The molecular weight excluding hydrogens is 280 g/mol. The average molecular weight is 304 g/mol. The lowest BCUT2D eigenvalue weighted by molar-refractivity contribution is -0.155. The van der Waals surface area contributed by atoms with Crippen LogP contribution in [0.1, 0.15) is 41.5 Å². The van der Waals surface area contributed by atoms with E-state index in [0.717, 1.165) is 4.90 Å². The molecule has 0 fully saturated rings. The maximum Gasteiger partial charge on any atom is 0.441 e. The van der Waals surface area contributed by atoms with Gasteiger partial charge in [0.15, 0.2) is 0 Å². The van der Waals surface area contributed by atoms with E-state index >= 15 is 0 Å². The van der Waals surface area contributed by atoms with Gasteiger partial charge in [-0.25, -0.2) is 9.59 Å². The van der Waals surface area contributed by atoms with E-state index < -0.39 is 29.4 Å². The van der Waals surface area contributed by atoms with E-state index in [4.69, 9.17) is 9.47 Å². The largest absolute Gasteiger partial charge is 0.459 e. The molecule has 0 radical (unpaired) electrons. The lowest BCUT2D eigenvalue weighted by atomic mass is 10.2. The molecular formula is C13H24N2O6. The Hall–Kier alpha value is -1.99. The summed E-state index contributed by atoms with van der Waals surface area (Å²) < 4.78 is 9.93. The third-order valence-electron chi connectivity index (χ3n) is 1.72. The highest BCUT2D eigenvalue weighted by molar-refractivity contribution is 5.78. The summed E-state index contributed by atoms with van der Waals surface area (Å²) in [6.07, 6.45) is -1.81. The van der Waals surface area contributed by atoms with Crippen LogP contribution in [0.25, 0.3) is 0 Å². The molecule has 8 heteroatoms. The molecule has 0 aromatic heterocycles. The quantitative estimate of drug-likeness (QED) is 0.475. The first-order chi connectivity index (χ1) is 9.30. The van der Waals surface area contributed by atoms with Crippen molar-refractivity contribution in [3.05, 3.63) is 0 Å². The fourth-order valence-electron chi connectivity index (χ4n) is 1.09. The van der Waals surface area contributed by atoms with Gasteiger partial charge in [0.2, 0.25) is 0 Å². The normalized spacial score (nSPS) is 11.4. The summed E-state index contributed by atoms with van der Waals surface area (Å²) in [4.78, 5) is 39.8. The van der Waals surface area contributed by atoms with Gasteiger partial charge in [-0.2, -0.15) is 0 Å². The Bertz CT molecular complexity index is 394. The average Bonchev–Trinajstić information content (AvgIpc) is 2.20. The van der Waals surface area contributed by atoms with Gasteiger partial charge in [0.05, 0.1) is 0 Å². The van der Waals surface area contributed by atoms with Crippen molar-refractivity contribution in [1.29, 1.82) is 0 Å². The number of nitrogens with zero attached hydrogens (tertiary/aromatic N) is 1. The van der Waals surface area contributed by atoms with Crippen molar-refractivity contribution in [3.63, 3.8) is 0 Å². The van der Waals surface area contributed by atoms with Gasteiger partial charge in [0.1, 0.15) is 17.7 Å². The van der Waals surface area contributed by atoms with Gasteiger partial charge < -0.3 is 14.3 Å². The van der Waals surface area contributed by atoms with Crippen LogP contribution in [0.15, 0.2) is 0 Å². The van der Waals surface area contributed by atoms with Crippen LogP contribution in [-0.2, 0) is 19.1 Å². The summed E-state index contributed by atoms with van der Waals surface area (Å²) in [6.45, 7) is 9.86. The number of carbonyl (C=O) groups excluding carboxylic acids is 3. The maximum absolute atomic E-state index is 11.5. The minimum Gasteiger partial charge on any atom is -0.459 e. The molecule has 122 valence electrons. The molecule has 0 aromatic rings. The van der Waals surface area contributed by atoms with Crippen molar-refractivity contribution in [2.45, 2.75) is 52.7 Å². The first-order valence-electron chi connectivity index (χ1n) is 6.43. The number of hydroxylamine groups is 1. The molecule has 0 rings (SSSR count). The van der Waals surface area contributed by atoms with Gasteiger partial charge in [-0.3, -0.25) is 9.69 Å². The van der Waals surface area contributed by atoms with Crippen molar-refractivity contribution >= 4 is 18.2 Å². The van der Waals surface area contributed by atoms with Crippen molar-refractivity contribution < 1.29 is 28.7 Å². The molecule has 0 unspecified atom stereocenters. The topological polar surface area (TPSA) is 94.2 Å². The van der Waals surface area contributed by atoms with Gasteiger partial charge >= 0.3 is 18.2 Å². The second kappa shape index (κ2) is 7.14. The summed E-state index contributed by atoms with van der Waals surface area (Å²) in [5, 5.41) is 0. The molecule has 8 nitrogen and oxygen atoms in total. The zero-order chi connectivity index (χ0) is 16.8. The molecule has 2 amide bonds. The predicted octanol–water partition coefficient (Wildman–Crippen LogP) is 1.84. The summed E-state index contributed by atoms with van der Waals surface area (Å²) >= 11 is 0. The van der Waals surface area contributed by atoms with E-state index in [9.17, 15) is 14.4 Å². The number of rotatable bonds is 2. The third kappa shape index (κ3) is 10.5. The molecule has 0 saturated heterocycles. The van der Waals surface area contributed by atoms with E-state index in [1.807, 2.05) is 5.48 Å². The number of amides is 2. The van der Waals surface area contributed by atoms with E-state index in [1.165, 1.54) is 7.05 Å². The number of esters is 1. The number of likely N-dealkylation sites (N-methyl/N-ethyl adjacent to an activating group) is 1. The van der Waals surface area contributed by atoms with E-state index in [1.54, 1.807) is 41.5 Å². The van der Waals surface area contributed by atoms with Crippen molar-refractivity contribution in [1.82, 2.24) is 10.4 Å². The third-order valence-corrected chi connectivity index (χ3v) is 1.72. The summed E-state index contributed by atoms with van der Waals surface area (Å²) in [5.41, 5.74) is 0.485. The molecule has 0 aromatic carbocycles. The number of hydrogen-bond acceptors (Lipinski definition) is 6. The standard InChI is InChI=1S/C13H24N2O6/c1-12(2,3)19-9(16)8-15(7)11(18)21-14-10(17)20-13(4,5)6/h8H2,1-7H3,(H,14,17). The predicted molar refractivity (Wildman–Crippen MR) is 74.3 cm³/mol. The SMILES string of the molecule is CN(CC(=O)OC(C)(C)C)C(=O)ONC(=O)OC(C)(C)C. The zero-order valence-electron chi connectivity index (χ0n) is 13.6. The van der Waals surface area contributed by atoms with Crippen LogP contribution in [-0.4, -0.2) is 47.9 Å². The van der Waals surface area contributed by atoms with Crippen LogP contribution in [0.2, 0.25) is 0 Å². The molecule has 0 saturated carbocycles. The van der Waals surface area contributed by atoms with Crippen molar-refractivity contribution in [3.8, 4) is 0 Å². The summed E-state index contributed by atoms with van der Waals surface area (Å²) in [6, 6.07) is 0. The van der Waals surface area contributed by atoms with Crippen LogP contribution < -0.4 is 5.48 Å². The Morgan fingerprint density at radius 2 is 1.43 bits per heavy atom. The lowest BCUT2D eigenvalue weighted by Gasteiger charge is -2.22. The first-order valence-corrected chi connectivity index (χ1v) is 6.43. The monoisotopic (exact) mass is 304 g/mol. The molecule has 0 atom stereocenters. The molecule has 0 aliphatic heterocycles. The van der Waals surface area contributed by atoms with Crippen LogP contribution in [0.4, 0.5) is 9.59 Å². The summed E-state index contributed by atoms with van der Waals surface area (Å²) in [5.74, 6) is -0.584. The van der Waals surface area contributed by atoms with Crippen molar-refractivity contribution in [2.75, 3.05) is 13.6 Å². The molecule has 0 aliphatic rings. The molecule has 0 heterocycles. The Morgan fingerprint density at radius 1 is 0.952 bits per heavy atom. The molecule has 0 spiro atoms. The van der Waals surface area contributed by atoms with Gasteiger partial charge in [0.25, 0.3) is 0 Å². The number of ether oxygens (including phenoxy) is 2. The fourth-order valence-corrected chi connectivity index (χ4v) is 1.09. The van der Waals surface area contributed by atoms with E-state index in [0.29, 0.717) is 0 Å². The van der Waals surface area contributed by atoms with Crippen LogP contribution in [0, 0.1) is 0 Å². The maximum atomic E-state index is 11.5. The smallest absolute Gasteiger partial charge is 0.441 e.